The zero-order valence-electron chi connectivity index (χ0n) is 6.92. The number of aliphatic imine (C=N–C) groups is 1. The summed E-state index contributed by atoms with van der Waals surface area (Å²) < 4.78 is 5.00. The summed E-state index contributed by atoms with van der Waals surface area (Å²) >= 11 is 0. The standard InChI is InChI=1S/C8H15NO/c1-5-9-8(3,4)7-10-6-2/h5-6H,2,7H2,1,3-4H3. The van der Waals surface area contributed by atoms with Gasteiger partial charge in [0, 0.05) is 0 Å². The predicted octanol–water partition coefficient (Wildman–Crippen LogP) is 2.02. The van der Waals surface area contributed by atoms with Crippen LogP contribution in [0.5, 0.6) is 0 Å². The van der Waals surface area contributed by atoms with Gasteiger partial charge in [0.2, 0.25) is 0 Å². The molecule has 10 heavy (non-hydrogen) atoms. The van der Waals surface area contributed by atoms with E-state index in [9.17, 15) is 0 Å². The van der Waals surface area contributed by atoms with Gasteiger partial charge >= 0.3 is 0 Å². The lowest BCUT2D eigenvalue weighted by Gasteiger charge is -2.17. The van der Waals surface area contributed by atoms with E-state index in [1.807, 2.05) is 20.8 Å². The fraction of sp³-hybridized carbons (Fsp3) is 0.625. The van der Waals surface area contributed by atoms with Gasteiger partial charge < -0.3 is 4.74 Å². The smallest absolute Gasteiger partial charge is 0.112 e. The minimum absolute atomic E-state index is 0.122. The van der Waals surface area contributed by atoms with Gasteiger partial charge in [0.1, 0.15) is 6.61 Å². The molecule has 0 aromatic heterocycles. The molecule has 0 aromatic rings. The molecule has 0 N–H and O–H groups in total. The van der Waals surface area contributed by atoms with Gasteiger partial charge in [-0.1, -0.05) is 6.58 Å². The zero-order chi connectivity index (χ0) is 8.04. The van der Waals surface area contributed by atoms with Crippen molar-refractivity contribution in [2.75, 3.05) is 6.61 Å². The third kappa shape index (κ3) is 4.13. The average Bonchev–Trinajstić information content (AvgIpc) is 1.84. The molecule has 0 aliphatic carbocycles. The SMILES string of the molecule is C=COCC(C)(C)N=CC. The van der Waals surface area contributed by atoms with Gasteiger partial charge in [-0.25, -0.2) is 0 Å². The highest BCUT2D eigenvalue weighted by Crippen LogP contribution is 2.07. The summed E-state index contributed by atoms with van der Waals surface area (Å²) in [4.78, 5) is 4.20. The van der Waals surface area contributed by atoms with Crippen molar-refractivity contribution in [2.24, 2.45) is 4.99 Å². The molecule has 0 radical (unpaired) electrons. The molecule has 2 heteroatoms. The Morgan fingerprint density at radius 2 is 2.20 bits per heavy atom. The molecule has 58 valence electrons. The largest absolute Gasteiger partial charge is 0.499 e. The molecule has 0 heterocycles. The third-order valence-electron chi connectivity index (χ3n) is 1.03. The summed E-state index contributed by atoms with van der Waals surface area (Å²) in [6, 6.07) is 0. The first-order valence-electron chi connectivity index (χ1n) is 3.35. The molecule has 0 saturated heterocycles. The molecule has 0 aromatic carbocycles. The Kier molecular flexibility index (Phi) is 3.77. The van der Waals surface area contributed by atoms with Crippen molar-refractivity contribution in [1.29, 1.82) is 0 Å². The van der Waals surface area contributed by atoms with Crippen LogP contribution in [-0.4, -0.2) is 18.4 Å². The lowest BCUT2D eigenvalue weighted by molar-refractivity contribution is 0.192. The summed E-state index contributed by atoms with van der Waals surface area (Å²) in [5.41, 5.74) is -0.122. The first kappa shape index (κ1) is 9.21. The third-order valence-corrected chi connectivity index (χ3v) is 1.03. The molecule has 0 saturated carbocycles. The van der Waals surface area contributed by atoms with E-state index in [1.54, 1.807) is 6.21 Å². The fourth-order valence-corrected chi connectivity index (χ4v) is 0.650. The van der Waals surface area contributed by atoms with E-state index < -0.39 is 0 Å². The van der Waals surface area contributed by atoms with Crippen LogP contribution in [0.15, 0.2) is 17.8 Å². The molecule has 0 amide bonds. The van der Waals surface area contributed by atoms with Gasteiger partial charge in [0.15, 0.2) is 0 Å². The molecule has 0 aliphatic rings. The summed E-state index contributed by atoms with van der Waals surface area (Å²) in [5.74, 6) is 0. The summed E-state index contributed by atoms with van der Waals surface area (Å²) in [7, 11) is 0. The fourth-order valence-electron chi connectivity index (χ4n) is 0.650. The molecule has 0 rings (SSSR count). The minimum atomic E-state index is -0.122. The predicted molar refractivity (Wildman–Crippen MR) is 44.4 cm³/mol. The highest BCUT2D eigenvalue weighted by atomic mass is 16.5. The Morgan fingerprint density at radius 3 is 2.60 bits per heavy atom. The molecule has 0 bridgehead atoms. The van der Waals surface area contributed by atoms with Gasteiger partial charge in [-0.05, 0) is 27.0 Å². The quantitative estimate of drug-likeness (QED) is 0.433. The summed E-state index contributed by atoms with van der Waals surface area (Å²) in [5, 5.41) is 0. The van der Waals surface area contributed by atoms with Gasteiger partial charge in [-0.3, -0.25) is 4.99 Å². The van der Waals surface area contributed by atoms with Crippen LogP contribution in [0, 0.1) is 0 Å². The summed E-state index contributed by atoms with van der Waals surface area (Å²) in [6.45, 7) is 9.95. The van der Waals surface area contributed by atoms with E-state index in [0.29, 0.717) is 6.61 Å². The van der Waals surface area contributed by atoms with Crippen LogP contribution >= 0.6 is 0 Å². The van der Waals surface area contributed by atoms with Crippen molar-refractivity contribution >= 4 is 6.21 Å². The molecule has 0 fully saturated rings. The molecule has 2 nitrogen and oxygen atoms in total. The minimum Gasteiger partial charge on any atom is -0.499 e. The lowest BCUT2D eigenvalue weighted by Crippen LogP contribution is -2.23. The molecule has 0 unspecified atom stereocenters. The maximum Gasteiger partial charge on any atom is 0.112 e. The average molecular weight is 141 g/mol. The topological polar surface area (TPSA) is 21.6 Å². The Hall–Kier alpha value is -0.790. The van der Waals surface area contributed by atoms with E-state index in [2.05, 4.69) is 11.6 Å². The van der Waals surface area contributed by atoms with E-state index >= 15 is 0 Å². The van der Waals surface area contributed by atoms with Crippen molar-refractivity contribution < 1.29 is 4.74 Å². The van der Waals surface area contributed by atoms with E-state index in [-0.39, 0.29) is 5.54 Å². The number of hydrogen-bond donors (Lipinski definition) is 0. The van der Waals surface area contributed by atoms with Gasteiger partial charge in [-0.2, -0.15) is 0 Å². The second kappa shape index (κ2) is 4.09. The number of ether oxygens (including phenoxy) is 1. The van der Waals surface area contributed by atoms with Gasteiger partial charge in [0.05, 0.1) is 11.8 Å². The van der Waals surface area contributed by atoms with Gasteiger partial charge in [-0.15, -0.1) is 0 Å². The number of nitrogens with zero attached hydrogens (tertiary/aromatic N) is 1. The van der Waals surface area contributed by atoms with Crippen LogP contribution in [0.1, 0.15) is 20.8 Å². The Bertz CT molecular complexity index is 127. The van der Waals surface area contributed by atoms with Crippen molar-refractivity contribution in [1.82, 2.24) is 0 Å². The zero-order valence-corrected chi connectivity index (χ0v) is 6.92. The van der Waals surface area contributed by atoms with Gasteiger partial charge in [0.25, 0.3) is 0 Å². The molecular formula is C8H15NO. The number of hydrogen-bond acceptors (Lipinski definition) is 2. The Labute approximate surface area is 62.6 Å². The molecular weight excluding hydrogens is 126 g/mol. The highest BCUT2D eigenvalue weighted by Gasteiger charge is 2.14. The maximum atomic E-state index is 5.00. The first-order chi connectivity index (χ1) is 4.62. The van der Waals surface area contributed by atoms with Crippen molar-refractivity contribution in [3.63, 3.8) is 0 Å². The van der Waals surface area contributed by atoms with E-state index in [4.69, 9.17) is 4.74 Å². The van der Waals surface area contributed by atoms with Crippen LogP contribution in [0.4, 0.5) is 0 Å². The van der Waals surface area contributed by atoms with Crippen molar-refractivity contribution in [3.05, 3.63) is 12.8 Å². The van der Waals surface area contributed by atoms with Crippen LogP contribution < -0.4 is 0 Å². The second-order valence-corrected chi connectivity index (χ2v) is 2.68. The monoisotopic (exact) mass is 141 g/mol. The van der Waals surface area contributed by atoms with E-state index in [1.165, 1.54) is 6.26 Å². The molecule has 0 spiro atoms. The Balaban J connectivity index is 3.73. The number of rotatable bonds is 4. The molecule has 0 atom stereocenters. The van der Waals surface area contributed by atoms with Crippen LogP contribution in [-0.2, 0) is 4.74 Å². The van der Waals surface area contributed by atoms with Crippen molar-refractivity contribution in [3.8, 4) is 0 Å². The summed E-state index contributed by atoms with van der Waals surface area (Å²) in [6.07, 6.45) is 3.22. The second-order valence-electron chi connectivity index (χ2n) is 2.68. The lowest BCUT2D eigenvalue weighted by atomic mass is 10.1. The van der Waals surface area contributed by atoms with Crippen LogP contribution in [0.2, 0.25) is 0 Å². The van der Waals surface area contributed by atoms with Crippen LogP contribution in [0.25, 0.3) is 0 Å². The first-order valence-corrected chi connectivity index (χ1v) is 3.35. The van der Waals surface area contributed by atoms with Crippen molar-refractivity contribution in [2.45, 2.75) is 26.3 Å². The van der Waals surface area contributed by atoms with E-state index in [0.717, 1.165) is 0 Å². The van der Waals surface area contributed by atoms with Crippen LogP contribution in [0.3, 0.4) is 0 Å². The normalized spacial score (nSPS) is 11.9. The molecule has 0 aliphatic heterocycles. The Morgan fingerprint density at radius 1 is 1.60 bits per heavy atom. The maximum absolute atomic E-state index is 5.00. The highest BCUT2D eigenvalue weighted by molar-refractivity contribution is 5.54.